The predicted molar refractivity (Wildman–Crippen MR) is 94.7 cm³/mol. The quantitative estimate of drug-likeness (QED) is 0.908. The first-order valence-corrected chi connectivity index (χ1v) is 9.52. The van der Waals surface area contributed by atoms with E-state index < -0.39 is 15.8 Å². The van der Waals surface area contributed by atoms with E-state index in [1.54, 1.807) is 30.0 Å². The minimum absolute atomic E-state index is 0.0680. The van der Waals surface area contributed by atoms with Crippen molar-refractivity contribution in [2.75, 3.05) is 16.2 Å². The van der Waals surface area contributed by atoms with E-state index in [1.807, 2.05) is 6.92 Å². The number of aryl methyl sites for hydroxylation is 2. The van der Waals surface area contributed by atoms with Crippen molar-refractivity contribution in [1.29, 1.82) is 0 Å². The first-order valence-electron chi connectivity index (χ1n) is 8.04. The van der Waals surface area contributed by atoms with E-state index in [0.717, 1.165) is 17.3 Å². The Kier molecular flexibility index (Phi) is 4.51. The van der Waals surface area contributed by atoms with Gasteiger partial charge in [0.2, 0.25) is 5.91 Å². The summed E-state index contributed by atoms with van der Waals surface area (Å²) in [7, 11) is -3.88. The van der Waals surface area contributed by atoms with Crippen molar-refractivity contribution in [3.63, 3.8) is 0 Å². The van der Waals surface area contributed by atoms with E-state index in [2.05, 4.69) is 4.72 Å². The highest BCUT2D eigenvalue weighted by Gasteiger charge is 2.23. The van der Waals surface area contributed by atoms with Crippen LogP contribution in [-0.4, -0.2) is 20.9 Å². The second kappa shape index (κ2) is 6.48. The predicted octanol–water partition coefficient (Wildman–Crippen LogP) is 3.23. The molecule has 1 amide bonds. The Balaban J connectivity index is 1.90. The van der Waals surface area contributed by atoms with Crippen LogP contribution in [0.3, 0.4) is 0 Å². The summed E-state index contributed by atoms with van der Waals surface area (Å²) in [6.07, 6.45) is 0.972. The molecule has 0 bridgehead atoms. The lowest BCUT2D eigenvalue weighted by atomic mass is 10.0. The van der Waals surface area contributed by atoms with Gasteiger partial charge in [-0.15, -0.1) is 0 Å². The van der Waals surface area contributed by atoms with E-state index in [0.29, 0.717) is 30.6 Å². The van der Waals surface area contributed by atoms with Gasteiger partial charge in [-0.3, -0.25) is 9.52 Å². The number of rotatable bonds is 4. The Bertz CT molecular complexity index is 941. The van der Waals surface area contributed by atoms with Gasteiger partial charge < -0.3 is 4.90 Å². The molecule has 3 rings (SSSR count). The van der Waals surface area contributed by atoms with Gasteiger partial charge in [0, 0.05) is 24.3 Å². The molecule has 1 N–H and O–H groups in total. The second-order valence-electron chi connectivity index (χ2n) is 6.00. The zero-order valence-electron chi connectivity index (χ0n) is 14.0. The number of halogens is 1. The molecule has 2 aromatic carbocycles. The molecule has 1 aliphatic heterocycles. The van der Waals surface area contributed by atoms with Gasteiger partial charge in [-0.05, 0) is 61.7 Å². The summed E-state index contributed by atoms with van der Waals surface area (Å²) < 4.78 is 41.1. The van der Waals surface area contributed by atoms with Gasteiger partial charge >= 0.3 is 0 Å². The monoisotopic (exact) mass is 362 g/mol. The van der Waals surface area contributed by atoms with Gasteiger partial charge in [0.15, 0.2) is 0 Å². The maximum atomic E-state index is 13.7. The van der Waals surface area contributed by atoms with Crippen molar-refractivity contribution in [2.45, 2.75) is 31.6 Å². The standard InChI is InChI=1S/C18H19FN2O3S/c1-3-21-17-8-6-14(10-13(17)5-9-18(21)22)20-25(23,24)15-7-4-12(2)16(19)11-15/h4,6-8,10-11,20H,3,5,9H2,1-2H3. The maximum Gasteiger partial charge on any atom is 0.261 e. The molecule has 0 atom stereocenters. The largest absolute Gasteiger partial charge is 0.312 e. The summed E-state index contributed by atoms with van der Waals surface area (Å²) in [5.41, 5.74) is 2.50. The molecule has 25 heavy (non-hydrogen) atoms. The summed E-state index contributed by atoms with van der Waals surface area (Å²) in [4.78, 5) is 13.5. The first kappa shape index (κ1) is 17.4. The van der Waals surface area contributed by atoms with Crippen LogP contribution in [0.15, 0.2) is 41.3 Å². The third kappa shape index (κ3) is 3.37. The number of carbonyl (C=O) groups excluding carboxylic acids is 1. The number of anilines is 2. The summed E-state index contributed by atoms with van der Waals surface area (Å²) in [6.45, 7) is 4.04. The van der Waals surface area contributed by atoms with Crippen LogP contribution in [0.4, 0.5) is 15.8 Å². The highest BCUT2D eigenvalue weighted by Crippen LogP contribution is 2.31. The summed E-state index contributed by atoms with van der Waals surface area (Å²) in [5.74, 6) is -0.496. The highest BCUT2D eigenvalue weighted by atomic mass is 32.2. The molecule has 5 nitrogen and oxygen atoms in total. The van der Waals surface area contributed by atoms with Gasteiger partial charge in [-0.1, -0.05) is 6.07 Å². The molecule has 0 unspecified atom stereocenters. The number of carbonyl (C=O) groups is 1. The van der Waals surface area contributed by atoms with Crippen LogP contribution < -0.4 is 9.62 Å². The highest BCUT2D eigenvalue weighted by molar-refractivity contribution is 7.92. The lowest BCUT2D eigenvalue weighted by Crippen LogP contribution is -2.34. The number of fused-ring (bicyclic) bond motifs is 1. The summed E-state index contributed by atoms with van der Waals surface area (Å²) >= 11 is 0. The third-order valence-corrected chi connectivity index (χ3v) is 5.68. The molecule has 1 aliphatic rings. The summed E-state index contributed by atoms with van der Waals surface area (Å²) in [5, 5.41) is 0. The van der Waals surface area contributed by atoms with Gasteiger partial charge in [0.1, 0.15) is 5.82 Å². The minimum Gasteiger partial charge on any atom is -0.312 e. The van der Waals surface area contributed by atoms with Gasteiger partial charge in [0.05, 0.1) is 4.90 Å². The molecule has 0 saturated heterocycles. The van der Waals surface area contributed by atoms with Crippen LogP contribution >= 0.6 is 0 Å². The average Bonchev–Trinajstić information content (AvgIpc) is 2.57. The van der Waals surface area contributed by atoms with Crippen molar-refractivity contribution >= 4 is 27.3 Å². The molecule has 0 saturated carbocycles. The Hall–Kier alpha value is -2.41. The number of benzene rings is 2. The van der Waals surface area contributed by atoms with E-state index in [-0.39, 0.29) is 10.8 Å². The second-order valence-corrected chi connectivity index (χ2v) is 7.68. The van der Waals surface area contributed by atoms with Crippen LogP contribution in [0.25, 0.3) is 0 Å². The zero-order valence-corrected chi connectivity index (χ0v) is 14.9. The average molecular weight is 362 g/mol. The van der Waals surface area contributed by atoms with Crippen molar-refractivity contribution < 1.29 is 17.6 Å². The number of nitrogens with zero attached hydrogens (tertiary/aromatic N) is 1. The topological polar surface area (TPSA) is 66.5 Å². The van der Waals surface area contributed by atoms with Crippen molar-refractivity contribution in [2.24, 2.45) is 0 Å². The van der Waals surface area contributed by atoms with Crippen LogP contribution in [0, 0.1) is 12.7 Å². The molecule has 0 radical (unpaired) electrons. The molecule has 2 aromatic rings. The normalized spacial score (nSPS) is 14.4. The van der Waals surface area contributed by atoms with Crippen LogP contribution in [-0.2, 0) is 21.2 Å². The Morgan fingerprint density at radius 1 is 1.16 bits per heavy atom. The van der Waals surface area contributed by atoms with Crippen LogP contribution in [0.2, 0.25) is 0 Å². The smallest absolute Gasteiger partial charge is 0.261 e. The fourth-order valence-corrected chi connectivity index (χ4v) is 3.99. The zero-order chi connectivity index (χ0) is 18.2. The molecular formula is C18H19FN2O3S. The molecule has 1 heterocycles. The SMILES string of the molecule is CCN1C(=O)CCc2cc(NS(=O)(=O)c3ccc(C)c(F)c3)ccc21. The first-order chi connectivity index (χ1) is 11.8. The molecule has 132 valence electrons. The Labute approximate surface area is 146 Å². The minimum atomic E-state index is -3.88. The fraction of sp³-hybridized carbons (Fsp3) is 0.278. The Morgan fingerprint density at radius 3 is 2.60 bits per heavy atom. The Morgan fingerprint density at radius 2 is 1.92 bits per heavy atom. The van der Waals surface area contributed by atoms with Crippen LogP contribution in [0.5, 0.6) is 0 Å². The van der Waals surface area contributed by atoms with Crippen molar-refractivity contribution in [1.82, 2.24) is 0 Å². The number of hydrogen-bond donors (Lipinski definition) is 1. The van der Waals surface area contributed by atoms with Gasteiger partial charge in [0.25, 0.3) is 10.0 Å². The fourth-order valence-electron chi connectivity index (χ4n) is 2.92. The van der Waals surface area contributed by atoms with E-state index in [9.17, 15) is 17.6 Å². The molecule has 0 fully saturated rings. The maximum absolute atomic E-state index is 13.7. The number of nitrogens with one attached hydrogen (secondary N) is 1. The van der Waals surface area contributed by atoms with Gasteiger partial charge in [-0.25, -0.2) is 12.8 Å². The van der Waals surface area contributed by atoms with Crippen molar-refractivity contribution in [3.05, 3.63) is 53.3 Å². The van der Waals surface area contributed by atoms with E-state index >= 15 is 0 Å². The molecule has 0 spiro atoms. The number of sulfonamides is 1. The van der Waals surface area contributed by atoms with Gasteiger partial charge in [-0.2, -0.15) is 0 Å². The summed E-state index contributed by atoms with van der Waals surface area (Å²) in [6, 6.07) is 8.89. The van der Waals surface area contributed by atoms with E-state index in [1.165, 1.54) is 12.1 Å². The van der Waals surface area contributed by atoms with Crippen molar-refractivity contribution in [3.8, 4) is 0 Å². The van der Waals surface area contributed by atoms with E-state index in [4.69, 9.17) is 0 Å². The molecule has 0 aromatic heterocycles. The van der Waals surface area contributed by atoms with Crippen LogP contribution in [0.1, 0.15) is 24.5 Å². The third-order valence-electron chi connectivity index (χ3n) is 4.30. The number of hydrogen-bond acceptors (Lipinski definition) is 3. The lowest BCUT2D eigenvalue weighted by molar-refractivity contribution is -0.118. The number of amides is 1. The molecule has 0 aliphatic carbocycles. The lowest BCUT2D eigenvalue weighted by Gasteiger charge is -2.28. The molecule has 7 heteroatoms. The molecular weight excluding hydrogens is 343 g/mol.